The normalized spacial score (nSPS) is 10.1. The van der Waals surface area contributed by atoms with Crippen LogP contribution in [0.2, 0.25) is 0 Å². The number of amides is 2. The van der Waals surface area contributed by atoms with Gasteiger partial charge in [0.2, 0.25) is 5.91 Å². The second-order valence-electron chi connectivity index (χ2n) is 4.37. The van der Waals surface area contributed by atoms with Gasteiger partial charge in [-0.1, -0.05) is 19.1 Å². The maximum absolute atomic E-state index is 12.3. The fourth-order valence-electron chi connectivity index (χ4n) is 1.78. The standard InChI is InChI=1S/C14H20N2O3/c1-4-8-16(9-12(17)15-3)14(19)11-7-5-6-10(2)13(11)18/h5-7,18H,4,8-9H2,1-3H3,(H,15,17). The number of rotatable bonds is 5. The molecule has 0 aliphatic rings. The molecule has 1 aromatic carbocycles. The Balaban J connectivity index is 2.98. The van der Waals surface area contributed by atoms with Crippen molar-refractivity contribution in [3.05, 3.63) is 29.3 Å². The van der Waals surface area contributed by atoms with E-state index in [2.05, 4.69) is 5.32 Å². The number of nitrogens with one attached hydrogen (secondary N) is 1. The number of hydrogen-bond donors (Lipinski definition) is 2. The largest absolute Gasteiger partial charge is 0.507 e. The summed E-state index contributed by atoms with van der Waals surface area (Å²) in [5.74, 6) is -0.578. The highest BCUT2D eigenvalue weighted by Gasteiger charge is 2.20. The van der Waals surface area contributed by atoms with Gasteiger partial charge in [0.05, 0.1) is 12.1 Å². The van der Waals surface area contributed by atoms with Crippen molar-refractivity contribution >= 4 is 11.8 Å². The Kier molecular flexibility index (Phi) is 5.36. The second-order valence-corrected chi connectivity index (χ2v) is 4.37. The molecular weight excluding hydrogens is 244 g/mol. The molecule has 0 heterocycles. The highest BCUT2D eigenvalue weighted by atomic mass is 16.3. The maximum Gasteiger partial charge on any atom is 0.258 e. The van der Waals surface area contributed by atoms with Crippen molar-refractivity contribution in [2.45, 2.75) is 20.3 Å². The number of phenolic OH excluding ortho intramolecular Hbond substituents is 1. The Morgan fingerprint density at radius 1 is 1.37 bits per heavy atom. The molecule has 0 spiro atoms. The van der Waals surface area contributed by atoms with E-state index in [0.29, 0.717) is 12.1 Å². The minimum Gasteiger partial charge on any atom is -0.507 e. The van der Waals surface area contributed by atoms with Gasteiger partial charge in [-0.15, -0.1) is 0 Å². The number of para-hydroxylation sites is 1. The van der Waals surface area contributed by atoms with Crippen molar-refractivity contribution in [1.82, 2.24) is 10.2 Å². The molecule has 1 rings (SSSR count). The lowest BCUT2D eigenvalue weighted by atomic mass is 10.1. The van der Waals surface area contributed by atoms with E-state index >= 15 is 0 Å². The van der Waals surface area contributed by atoms with Crippen LogP contribution in [-0.2, 0) is 4.79 Å². The van der Waals surface area contributed by atoms with E-state index in [1.54, 1.807) is 25.1 Å². The number of aromatic hydroxyl groups is 1. The SMILES string of the molecule is CCCN(CC(=O)NC)C(=O)c1cccc(C)c1O. The lowest BCUT2D eigenvalue weighted by molar-refractivity contribution is -0.121. The lowest BCUT2D eigenvalue weighted by Crippen LogP contribution is -2.40. The smallest absolute Gasteiger partial charge is 0.258 e. The zero-order valence-electron chi connectivity index (χ0n) is 11.6. The van der Waals surface area contributed by atoms with Gasteiger partial charge in [0.15, 0.2) is 0 Å². The predicted molar refractivity (Wildman–Crippen MR) is 73.1 cm³/mol. The third kappa shape index (κ3) is 3.71. The molecule has 2 amide bonds. The number of phenols is 1. The van der Waals surface area contributed by atoms with Gasteiger partial charge in [-0.05, 0) is 25.0 Å². The van der Waals surface area contributed by atoms with Crippen LogP contribution in [0.5, 0.6) is 5.75 Å². The van der Waals surface area contributed by atoms with Gasteiger partial charge >= 0.3 is 0 Å². The second kappa shape index (κ2) is 6.78. The number of likely N-dealkylation sites (N-methyl/N-ethyl adjacent to an activating group) is 1. The van der Waals surface area contributed by atoms with Crippen LogP contribution in [0.3, 0.4) is 0 Å². The maximum atomic E-state index is 12.3. The summed E-state index contributed by atoms with van der Waals surface area (Å²) in [7, 11) is 1.53. The van der Waals surface area contributed by atoms with Gasteiger partial charge in [0.25, 0.3) is 5.91 Å². The topological polar surface area (TPSA) is 69.6 Å². The summed E-state index contributed by atoms with van der Waals surface area (Å²) >= 11 is 0. The van der Waals surface area contributed by atoms with Crippen LogP contribution in [0, 0.1) is 6.92 Å². The quantitative estimate of drug-likeness (QED) is 0.842. The van der Waals surface area contributed by atoms with E-state index < -0.39 is 0 Å². The number of aryl methyl sites for hydroxylation is 1. The average Bonchev–Trinajstić information content (AvgIpc) is 2.40. The molecule has 104 valence electrons. The van der Waals surface area contributed by atoms with Gasteiger partial charge in [-0.2, -0.15) is 0 Å². The Morgan fingerprint density at radius 3 is 2.63 bits per heavy atom. The monoisotopic (exact) mass is 264 g/mol. The molecule has 0 aliphatic heterocycles. The molecule has 0 fully saturated rings. The summed E-state index contributed by atoms with van der Waals surface area (Å²) in [6, 6.07) is 5.01. The van der Waals surface area contributed by atoms with Crippen LogP contribution < -0.4 is 5.32 Å². The fourth-order valence-corrected chi connectivity index (χ4v) is 1.78. The van der Waals surface area contributed by atoms with E-state index in [0.717, 1.165) is 6.42 Å². The van der Waals surface area contributed by atoms with Gasteiger partial charge in [0.1, 0.15) is 5.75 Å². The average molecular weight is 264 g/mol. The molecule has 0 atom stereocenters. The summed E-state index contributed by atoms with van der Waals surface area (Å²) < 4.78 is 0. The number of carbonyl (C=O) groups excluding carboxylic acids is 2. The Bertz CT molecular complexity index is 472. The zero-order chi connectivity index (χ0) is 14.4. The van der Waals surface area contributed by atoms with E-state index in [4.69, 9.17) is 0 Å². The first-order valence-corrected chi connectivity index (χ1v) is 6.29. The van der Waals surface area contributed by atoms with Crippen LogP contribution in [0.1, 0.15) is 29.3 Å². The highest BCUT2D eigenvalue weighted by Crippen LogP contribution is 2.22. The Morgan fingerprint density at radius 2 is 2.05 bits per heavy atom. The molecule has 5 heteroatoms. The molecule has 2 N–H and O–H groups in total. The number of benzene rings is 1. The zero-order valence-corrected chi connectivity index (χ0v) is 11.6. The lowest BCUT2D eigenvalue weighted by Gasteiger charge is -2.22. The van der Waals surface area contributed by atoms with Crippen LogP contribution in [-0.4, -0.2) is 42.0 Å². The molecule has 0 unspecified atom stereocenters. The Hall–Kier alpha value is -2.04. The number of hydrogen-bond acceptors (Lipinski definition) is 3. The minimum atomic E-state index is -0.327. The van der Waals surface area contributed by atoms with Crippen LogP contribution >= 0.6 is 0 Å². The third-order valence-electron chi connectivity index (χ3n) is 2.86. The predicted octanol–water partition coefficient (Wildman–Crippen LogP) is 1.30. The van der Waals surface area contributed by atoms with E-state index in [-0.39, 0.29) is 29.7 Å². The fraction of sp³-hybridized carbons (Fsp3) is 0.429. The summed E-state index contributed by atoms with van der Waals surface area (Å²) in [5.41, 5.74) is 0.875. The molecule has 0 aromatic heterocycles. The van der Waals surface area contributed by atoms with Gasteiger partial charge < -0.3 is 15.3 Å². The van der Waals surface area contributed by atoms with E-state index in [1.165, 1.54) is 11.9 Å². The van der Waals surface area contributed by atoms with E-state index in [1.807, 2.05) is 6.92 Å². The van der Waals surface area contributed by atoms with Crippen molar-refractivity contribution in [2.24, 2.45) is 0 Å². The summed E-state index contributed by atoms with van der Waals surface area (Å²) in [4.78, 5) is 25.2. The first-order valence-electron chi connectivity index (χ1n) is 6.29. The molecule has 0 saturated heterocycles. The van der Waals surface area contributed by atoms with Crippen molar-refractivity contribution < 1.29 is 14.7 Å². The molecular formula is C14H20N2O3. The van der Waals surface area contributed by atoms with Crippen LogP contribution in [0.4, 0.5) is 0 Å². The first kappa shape index (κ1) is 15.0. The molecule has 0 saturated carbocycles. The van der Waals surface area contributed by atoms with E-state index in [9.17, 15) is 14.7 Å². The number of carbonyl (C=O) groups is 2. The van der Waals surface area contributed by atoms with Gasteiger partial charge in [0, 0.05) is 13.6 Å². The van der Waals surface area contributed by atoms with Crippen molar-refractivity contribution in [2.75, 3.05) is 20.1 Å². The molecule has 0 aliphatic carbocycles. The van der Waals surface area contributed by atoms with Crippen molar-refractivity contribution in [3.63, 3.8) is 0 Å². The van der Waals surface area contributed by atoms with Crippen LogP contribution in [0.25, 0.3) is 0 Å². The van der Waals surface area contributed by atoms with Gasteiger partial charge in [-0.25, -0.2) is 0 Å². The molecule has 19 heavy (non-hydrogen) atoms. The molecule has 0 bridgehead atoms. The molecule has 5 nitrogen and oxygen atoms in total. The van der Waals surface area contributed by atoms with Crippen molar-refractivity contribution in [3.8, 4) is 5.75 Å². The number of nitrogens with zero attached hydrogens (tertiary/aromatic N) is 1. The summed E-state index contributed by atoms with van der Waals surface area (Å²) in [5, 5.41) is 12.4. The highest BCUT2D eigenvalue weighted by molar-refractivity contribution is 5.99. The third-order valence-corrected chi connectivity index (χ3v) is 2.86. The van der Waals surface area contributed by atoms with Crippen LogP contribution in [0.15, 0.2) is 18.2 Å². The van der Waals surface area contributed by atoms with Crippen molar-refractivity contribution in [1.29, 1.82) is 0 Å². The molecule has 0 radical (unpaired) electrons. The summed E-state index contributed by atoms with van der Waals surface area (Å²) in [6.07, 6.45) is 0.745. The molecule has 1 aromatic rings. The summed E-state index contributed by atoms with van der Waals surface area (Å²) in [6.45, 7) is 4.13. The Labute approximate surface area is 113 Å². The van der Waals surface area contributed by atoms with Gasteiger partial charge in [-0.3, -0.25) is 9.59 Å². The minimum absolute atomic E-state index is 0.00342. The first-order chi connectivity index (χ1) is 9.01.